The predicted octanol–water partition coefficient (Wildman–Crippen LogP) is 3.86. The predicted molar refractivity (Wildman–Crippen MR) is 70.6 cm³/mol. The number of rotatable bonds is 0. The molecule has 0 aromatic rings. The van der Waals surface area contributed by atoms with Crippen molar-refractivity contribution < 1.29 is 5.11 Å². The van der Waals surface area contributed by atoms with Crippen molar-refractivity contribution in [1.82, 2.24) is 0 Å². The molecule has 0 aliphatic heterocycles. The van der Waals surface area contributed by atoms with Crippen molar-refractivity contribution in [1.29, 1.82) is 0 Å². The Morgan fingerprint density at radius 3 is 2.18 bits per heavy atom. The molecular formula is C16H28O. The van der Waals surface area contributed by atoms with Crippen LogP contribution in [0.25, 0.3) is 0 Å². The first kappa shape index (κ1) is 12.0. The van der Waals surface area contributed by atoms with Gasteiger partial charge < -0.3 is 5.11 Å². The minimum atomic E-state index is -0.0916. The van der Waals surface area contributed by atoms with Gasteiger partial charge in [-0.15, -0.1) is 0 Å². The Morgan fingerprint density at radius 2 is 1.53 bits per heavy atom. The number of hydrogen-bond acceptors (Lipinski definition) is 1. The van der Waals surface area contributed by atoms with Crippen LogP contribution in [0.5, 0.6) is 0 Å². The molecule has 0 saturated heterocycles. The summed E-state index contributed by atoms with van der Waals surface area (Å²) in [5.74, 6) is 2.38. The molecule has 2 bridgehead atoms. The second kappa shape index (κ2) is 3.10. The van der Waals surface area contributed by atoms with E-state index in [0.717, 1.165) is 18.3 Å². The third kappa shape index (κ3) is 1.20. The van der Waals surface area contributed by atoms with Gasteiger partial charge in [-0.1, -0.05) is 34.6 Å². The molecule has 5 atom stereocenters. The standard InChI is InChI=1S/C16H28O/c1-10-6-7-11-14(2,3)12-8-16(10,11)9-13(17)15(12,4)5/h10-13,17H,6-9H2,1-5H3/t10-,11+,12+,13-,16-/m1/s1. The Bertz CT molecular complexity index is 343. The van der Waals surface area contributed by atoms with Gasteiger partial charge >= 0.3 is 0 Å². The summed E-state index contributed by atoms with van der Waals surface area (Å²) in [6.07, 6.45) is 5.12. The van der Waals surface area contributed by atoms with E-state index in [9.17, 15) is 5.11 Å². The van der Waals surface area contributed by atoms with Gasteiger partial charge in [0.1, 0.15) is 0 Å². The summed E-state index contributed by atoms with van der Waals surface area (Å²) in [5, 5.41) is 10.6. The molecule has 0 amide bonds. The van der Waals surface area contributed by atoms with Crippen molar-refractivity contribution in [3.8, 4) is 0 Å². The van der Waals surface area contributed by atoms with Gasteiger partial charge in [0, 0.05) is 0 Å². The van der Waals surface area contributed by atoms with Crippen LogP contribution in [0, 0.1) is 34.0 Å². The van der Waals surface area contributed by atoms with E-state index < -0.39 is 0 Å². The third-order valence-electron chi connectivity index (χ3n) is 7.27. The lowest BCUT2D eigenvalue weighted by Gasteiger charge is -2.48. The fraction of sp³-hybridized carbons (Fsp3) is 1.00. The Hall–Kier alpha value is -0.0400. The van der Waals surface area contributed by atoms with Crippen molar-refractivity contribution in [2.75, 3.05) is 0 Å². The molecule has 1 N–H and O–H groups in total. The highest BCUT2D eigenvalue weighted by Gasteiger charge is 2.69. The fourth-order valence-electron chi connectivity index (χ4n) is 6.18. The zero-order valence-electron chi connectivity index (χ0n) is 12.1. The van der Waals surface area contributed by atoms with Crippen LogP contribution in [-0.2, 0) is 0 Å². The fourth-order valence-corrected chi connectivity index (χ4v) is 6.18. The van der Waals surface area contributed by atoms with Gasteiger partial charge in [0.05, 0.1) is 6.10 Å². The van der Waals surface area contributed by atoms with Gasteiger partial charge in [0.15, 0.2) is 0 Å². The molecule has 3 aliphatic rings. The van der Waals surface area contributed by atoms with E-state index in [4.69, 9.17) is 0 Å². The van der Waals surface area contributed by atoms with Crippen LogP contribution >= 0.6 is 0 Å². The van der Waals surface area contributed by atoms with Crippen LogP contribution in [-0.4, -0.2) is 11.2 Å². The molecule has 0 heterocycles. The molecule has 0 unspecified atom stereocenters. The highest BCUT2D eigenvalue weighted by atomic mass is 16.3. The van der Waals surface area contributed by atoms with Gasteiger partial charge in [0.2, 0.25) is 0 Å². The van der Waals surface area contributed by atoms with E-state index in [0.29, 0.717) is 16.7 Å². The number of fused-ring (bicyclic) bond motifs is 1. The maximum Gasteiger partial charge on any atom is 0.0599 e. The maximum absolute atomic E-state index is 10.6. The minimum absolute atomic E-state index is 0.0916. The Kier molecular flexibility index (Phi) is 2.19. The number of hydrogen-bond donors (Lipinski definition) is 1. The largest absolute Gasteiger partial charge is 0.393 e. The van der Waals surface area contributed by atoms with Crippen LogP contribution in [0.15, 0.2) is 0 Å². The highest BCUT2D eigenvalue weighted by molar-refractivity contribution is 5.17. The molecule has 0 aromatic heterocycles. The molecule has 17 heavy (non-hydrogen) atoms. The Balaban J connectivity index is 2.10. The SMILES string of the molecule is C[C@@H]1CC[C@H]2C(C)(C)[C@@H]3C[C@@]12C[C@@H](O)C3(C)C. The van der Waals surface area contributed by atoms with E-state index in [2.05, 4.69) is 34.6 Å². The lowest BCUT2D eigenvalue weighted by molar-refractivity contribution is -0.0770. The Labute approximate surface area is 106 Å². The molecule has 3 fully saturated rings. The number of aliphatic hydroxyl groups is 1. The van der Waals surface area contributed by atoms with Crippen LogP contribution in [0.4, 0.5) is 0 Å². The zero-order valence-corrected chi connectivity index (χ0v) is 12.1. The lowest BCUT2D eigenvalue weighted by atomic mass is 9.58. The van der Waals surface area contributed by atoms with Gasteiger partial charge in [0.25, 0.3) is 0 Å². The van der Waals surface area contributed by atoms with E-state index in [1.165, 1.54) is 19.3 Å². The molecule has 98 valence electrons. The second-order valence-electron chi connectivity index (χ2n) is 8.38. The topological polar surface area (TPSA) is 20.2 Å². The summed E-state index contributed by atoms with van der Waals surface area (Å²) in [7, 11) is 0. The first-order valence-corrected chi connectivity index (χ1v) is 7.41. The average molecular weight is 236 g/mol. The van der Waals surface area contributed by atoms with Gasteiger partial charge in [-0.3, -0.25) is 0 Å². The van der Waals surface area contributed by atoms with Crippen LogP contribution in [0.3, 0.4) is 0 Å². The first-order valence-electron chi connectivity index (χ1n) is 7.41. The summed E-state index contributed by atoms with van der Waals surface area (Å²) >= 11 is 0. The summed E-state index contributed by atoms with van der Waals surface area (Å²) in [4.78, 5) is 0. The highest BCUT2D eigenvalue weighted by Crippen LogP contribution is 2.74. The minimum Gasteiger partial charge on any atom is -0.393 e. The molecule has 3 rings (SSSR count). The first-order chi connectivity index (χ1) is 7.73. The maximum atomic E-state index is 10.6. The summed E-state index contributed by atoms with van der Waals surface area (Å²) < 4.78 is 0. The van der Waals surface area contributed by atoms with Crippen molar-refractivity contribution in [2.45, 2.75) is 66.4 Å². The lowest BCUT2D eigenvalue weighted by Crippen LogP contribution is -2.46. The van der Waals surface area contributed by atoms with E-state index >= 15 is 0 Å². The number of aliphatic hydroxyl groups excluding tert-OH is 1. The van der Waals surface area contributed by atoms with Crippen LogP contribution in [0.2, 0.25) is 0 Å². The monoisotopic (exact) mass is 236 g/mol. The van der Waals surface area contributed by atoms with E-state index in [1.54, 1.807) is 0 Å². The van der Waals surface area contributed by atoms with E-state index in [1.807, 2.05) is 0 Å². The quantitative estimate of drug-likeness (QED) is 0.677. The second-order valence-corrected chi connectivity index (χ2v) is 8.38. The summed E-state index contributed by atoms with van der Waals surface area (Å²) in [5.41, 5.74) is 1.01. The van der Waals surface area contributed by atoms with Crippen molar-refractivity contribution in [2.24, 2.45) is 34.0 Å². The zero-order chi connectivity index (χ0) is 12.6. The normalized spacial score (nSPS) is 54.7. The molecule has 1 spiro atoms. The smallest absolute Gasteiger partial charge is 0.0599 e. The Morgan fingerprint density at radius 1 is 0.882 bits per heavy atom. The van der Waals surface area contributed by atoms with Crippen LogP contribution in [0.1, 0.15) is 60.3 Å². The summed E-state index contributed by atoms with van der Waals surface area (Å²) in [6, 6.07) is 0. The molecule has 0 radical (unpaired) electrons. The van der Waals surface area contributed by atoms with Gasteiger partial charge in [-0.05, 0) is 59.7 Å². The average Bonchev–Trinajstić information content (AvgIpc) is 2.61. The molecule has 3 aliphatic carbocycles. The molecule has 0 aromatic carbocycles. The molecule has 1 nitrogen and oxygen atoms in total. The van der Waals surface area contributed by atoms with Gasteiger partial charge in [-0.2, -0.15) is 0 Å². The molecule has 3 saturated carbocycles. The van der Waals surface area contributed by atoms with E-state index in [-0.39, 0.29) is 11.5 Å². The van der Waals surface area contributed by atoms with Crippen LogP contribution < -0.4 is 0 Å². The van der Waals surface area contributed by atoms with Gasteiger partial charge in [-0.25, -0.2) is 0 Å². The van der Waals surface area contributed by atoms with Crippen molar-refractivity contribution in [3.63, 3.8) is 0 Å². The molecule has 1 heteroatoms. The van der Waals surface area contributed by atoms with Crippen molar-refractivity contribution in [3.05, 3.63) is 0 Å². The van der Waals surface area contributed by atoms with Crippen molar-refractivity contribution >= 4 is 0 Å². The third-order valence-corrected chi connectivity index (χ3v) is 7.27. The molecular weight excluding hydrogens is 208 g/mol. The summed E-state index contributed by atoms with van der Waals surface area (Å²) in [6.45, 7) is 12.0.